The van der Waals surface area contributed by atoms with Crippen molar-refractivity contribution in [1.82, 2.24) is 10.2 Å². The van der Waals surface area contributed by atoms with Crippen LogP contribution in [0.1, 0.15) is 31.4 Å². The molecule has 0 aliphatic carbocycles. The van der Waals surface area contributed by atoms with Crippen LogP contribution in [0.3, 0.4) is 0 Å². The third-order valence-electron chi connectivity index (χ3n) is 3.07. The number of halogens is 3. The zero-order valence-corrected chi connectivity index (χ0v) is 12.5. The first-order chi connectivity index (χ1) is 9.71. The standard InChI is InChI=1S/C15H21F3N2O/c1-11(2)8-9-19-14(21)20(3)10-12-6-4-5-7-13(12)15(16,17)18/h4-7,11H,8-10H2,1-3H3,(H,19,21). The highest BCUT2D eigenvalue weighted by atomic mass is 19.4. The molecule has 0 bridgehead atoms. The average molecular weight is 302 g/mol. The second-order valence-electron chi connectivity index (χ2n) is 5.43. The first kappa shape index (κ1) is 17.3. The van der Waals surface area contributed by atoms with Gasteiger partial charge < -0.3 is 10.2 Å². The normalized spacial score (nSPS) is 11.6. The van der Waals surface area contributed by atoms with E-state index in [0.29, 0.717) is 12.5 Å². The van der Waals surface area contributed by atoms with Gasteiger partial charge in [0.2, 0.25) is 0 Å². The molecule has 2 amide bonds. The van der Waals surface area contributed by atoms with E-state index in [1.165, 1.54) is 30.1 Å². The second kappa shape index (κ2) is 7.33. The van der Waals surface area contributed by atoms with Crippen molar-refractivity contribution in [3.8, 4) is 0 Å². The maximum Gasteiger partial charge on any atom is 0.416 e. The Morgan fingerprint density at radius 2 is 1.90 bits per heavy atom. The maximum absolute atomic E-state index is 12.9. The van der Waals surface area contributed by atoms with E-state index in [4.69, 9.17) is 0 Å². The van der Waals surface area contributed by atoms with Gasteiger partial charge in [0, 0.05) is 20.1 Å². The Bertz CT molecular complexity index is 472. The van der Waals surface area contributed by atoms with E-state index in [1.54, 1.807) is 0 Å². The monoisotopic (exact) mass is 302 g/mol. The number of nitrogens with zero attached hydrogens (tertiary/aromatic N) is 1. The lowest BCUT2D eigenvalue weighted by molar-refractivity contribution is -0.138. The molecule has 0 aliphatic rings. The van der Waals surface area contributed by atoms with Crippen LogP contribution in [0.15, 0.2) is 24.3 Å². The van der Waals surface area contributed by atoms with Crippen molar-refractivity contribution in [3.63, 3.8) is 0 Å². The highest BCUT2D eigenvalue weighted by Gasteiger charge is 2.33. The number of alkyl halides is 3. The van der Waals surface area contributed by atoms with Crippen LogP contribution in [0, 0.1) is 5.92 Å². The summed E-state index contributed by atoms with van der Waals surface area (Å²) in [6.07, 6.45) is -3.58. The topological polar surface area (TPSA) is 32.3 Å². The molecule has 1 N–H and O–H groups in total. The van der Waals surface area contributed by atoms with Gasteiger partial charge in [-0.25, -0.2) is 4.79 Å². The molecule has 0 spiro atoms. The van der Waals surface area contributed by atoms with Gasteiger partial charge in [-0.1, -0.05) is 32.0 Å². The fraction of sp³-hybridized carbons (Fsp3) is 0.533. The first-order valence-electron chi connectivity index (χ1n) is 6.86. The predicted molar refractivity (Wildman–Crippen MR) is 75.8 cm³/mol. The van der Waals surface area contributed by atoms with Gasteiger partial charge in [-0.3, -0.25) is 0 Å². The van der Waals surface area contributed by atoms with Gasteiger partial charge in [-0.05, 0) is 24.0 Å². The molecular weight excluding hydrogens is 281 g/mol. The molecule has 1 aromatic rings. The molecule has 3 nitrogen and oxygen atoms in total. The van der Waals surface area contributed by atoms with Crippen LogP contribution in [0.4, 0.5) is 18.0 Å². The molecular formula is C15H21F3N2O. The second-order valence-corrected chi connectivity index (χ2v) is 5.43. The van der Waals surface area contributed by atoms with E-state index < -0.39 is 11.7 Å². The lowest BCUT2D eigenvalue weighted by atomic mass is 10.1. The molecule has 21 heavy (non-hydrogen) atoms. The van der Waals surface area contributed by atoms with Crippen molar-refractivity contribution in [1.29, 1.82) is 0 Å². The molecule has 0 saturated carbocycles. The van der Waals surface area contributed by atoms with Crippen LogP contribution >= 0.6 is 0 Å². The summed E-state index contributed by atoms with van der Waals surface area (Å²) < 4.78 is 38.6. The number of urea groups is 1. The predicted octanol–water partition coefficient (Wildman–Crippen LogP) is 3.89. The van der Waals surface area contributed by atoms with Crippen molar-refractivity contribution in [2.45, 2.75) is 33.0 Å². The Morgan fingerprint density at radius 3 is 2.48 bits per heavy atom. The van der Waals surface area contributed by atoms with E-state index in [-0.39, 0.29) is 18.1 Å². The zero-order valence-electron chi connectivity index (χ0n) is 12.5. The first-order valence-corrected chi connectivity index (χ1v) is 6.86. The van der Waals surface area contributed by atoms with E-state index >= 15 is 0 Å². The SMILES string of the molecule is CC(C)CCNC(=O)N(C)Cc1ccccc1C(F)(F)F. The summed E-state index contributed by atoms with van der Waals surface area (Å²) in [5.41, 5.74) is -0.613. The number of benzene rings is 1. The molecule has 0 saturated heterocycles. The van der Waals surface area contributed by atoms with E-state index in [9.17, 15) is 18.0 Å². The molecule has 118 valence electrons. The quantitative estimate of drug-likeness (QED) is 0.879. The van der Waals surface area contributed by atoms with Crippen molar-refractivity contribution < 1.29 is 18.0 Å². The Balaban J connectivity index is 2.67. The number of nitrogens with one attached hydrogen (secondary N) is 1. The fourth-order valence-electron chi connectivity index (χ4n) is 1.86. The largest absolute Gasteiger partial charge is 0.416 e. The highest BCUT2D eigenvalue weighted by molar-refractivity contribution is 5.73. The molecule has 0 fully saturated rings. The van der Waals surface area contributed by atoms with Crippen LogP contribution in [0.25, 0.3) is 0 Å². The molecule has 1 aromatic carbocycles. The van der Waals surface area contributed by atoms with Gasteiger partial charge in [-0.15, -0.1) is 0 Å². The van der Waals surface area contributed by atoms with Crippen LogP contribution in [-0.2, 0) is 12.7 Å². The molecule has 0 radical (unpaired) electrons. The van der Waals surface area contributed by atoms with Crippen LogP contribution in [-0.4, -0.2) is 24.5 Å². The van der Waals surface area contributed by atoms with Crippen LogP contribution in [0.5, 0.6) is 0 Å². The van der Waals surface area contributed by atoms with Crippen molar-refractivity contribution in [2.75, 3.05) is 13.6 Å². The third kappa shape index (κ3) is 5.65. The summed E-state index contributed by atoms with van der Waals surface area (Å²) in [5.74, 6) is 0.460. The number of hydrogen-bond acceptors (Lipinski definition) is 1. The molecule has 6 heteroatoms. The summed E-state index contributed by atoms with van der Waals surface area (Å²) in [5, 5.41) is 2.70. The smallest absolute Gasteiger partial charge is 0.338 e. The molecule has 0 unspecified atom stereocenters. The number of hydrogen-bond donors (Lipinski definition) is 1. The van der Waals surface area contributed by atoms with Gasteiger partial charge in [0.15, 0.2) is 0 Å². The van der Waals surface area contributed by atoms with Gasteiger partial charge >= 0.3 is 12.2 Å². The Morgan fingerprint density at radius 1 is 1.29 bits per heavy atom. The number of carbonyl (C=O) groups is 1. The molecule has 0 aromatic heterocycles. The van der Waals surface area contributed by atoms with E-state index in [1.807, 2.05) is 13.8 Å². The summed E-state index contributed by atoms with van der Waals surface area (Å²) in [7, 11) is 1.48. The van der Waals surface area contributed by atoms with Crippen molar-refractivity contribution in [2.24, 2.45) is 5.92 Å². The molecule has 0 atom stereocenters. The van der Waals surface area contributed by atoms with Gasteiger partial charge in [0.25, 0.3) is 0 Å². The summed E-state index contributed by atoms with van der Waals surface area (Å²) in [6.45, 7) is 4.51. The minimum Gasteiger partial charge on any atom is -0.338 e. The molecule has 0 aliphatic heterocycles. The summed E-state index contributed by atoms with van der Waals surface area (Å²) in [4.78, 5) is 13.1. The van der Waals surface area contributed by atoms with Gasteiger partial charge in [-0.2, -0.15) is 13.2 Å². The van der Waals surface area contributed by atoms with E-state index in [0.717, 1.165) is 12.5 Å². The van der Waals surface area contributed by atoms with Crippen molar-refractivity contribution in [3.05, 3.63) is 35.4 Å². The number of amides is 2. The summed E-state index contributed by atoms with van der Waals surface area (Å²) >= 11 is 0. The minimum atomic E-state index is -4.41. The minimum absolute atomic E-state index is 0.0802. The fourth-order valence-corrected chi connectivity index (χ4v) is 1.86. The zero-order chi connectivity index (χ0) is 16.0. The maximum atomic E-state index is 12.9. The lowest BCUT2D eigenvalue weighted by Gasteiger charge is -2.21. The number of carbonyl (C=O) groups excluding carboxylic acids is 1. The molecule has 1 rings (SSSR count). The summed E-state index contributed by atoms with van der Waals surface area (Å²) in [6, 6.07) is 4.93. The Hall–Kier alpha value is -1.72. The van der Waals surface area contributed by atoms with Crippen LogP contribution in [0.2, 0.25) is 0 Å². The highest BCUT2D eigenvalue weighted by Crippen LogP contribution is 2.32. The lowest BCUT2D eigenvalue weighted by Crippen LogP contribution is -2.37. The van der Waals surface area contributed by atoms with E-state index in [2.05, 4.69) is 5.32 Å². The molecule has 0 heterocycles. The van der Waals surface area contributed by atoms with Crippen molar-refractivity contribution >= 4 is 6.03 Å². The third-order valence-corrected chi connectivity index (χ3v) is 3.07. The average Bonchev–Trinajstić information content (AvgIpc) is 2.37. The number of rotatable bonds is 5. The Kier molecular flexibility index (Phi) is 6.05. The van der Waals surface area contributed by atoms with Gasteiger partial charge in [0.1, 0.15) is 0 Å². The Labute approximate surface area is 123 Å². The van der Waals surface area contributed by atoms with Gasteiger partial charge in [0.05, 0.1) is 5.56 Å². The van der Waals surface area contributed by atoms with Crippen LogP contribution < -0.4 is 5.32 Å².